The molecular formula is C21H29N3O3S. The van der Waals surface area contributed by atoms with Crippen LogP contribution in [0.5, 0.6) is 0 Å². The molecule has 152 valence electrons. The van der Waals surface area contributed by atoms with E-state index < -0.39 is 11.7 Å². The number of aryl methyl sites for hydroxylation is 2. The molecule has 0 unspecified atom stereocenters. The quantitative estimate of drug-likeness (QED) is 0.663. The van der Waals surface area contributed by atoms with Crippen LogP contribution in [0.2, 0.25) is 0 Å². The van der Waals surface area contributed by atoms with Gasteiger partial charge in [-0.3, -0.25) is 4.79 Å². The molecule has 1 aromatic heterocycles. The van der Waals surface area contributed by atoms with Gasteiger partial charge in [0.25, 0.3) is 0 Å². The van der Waals surface area contributed by atoms with Crippen molar-refractivity contribution in [2.75, 3.05) is 11.9 Å². The number of hydrogen-bond donors (Lipinski definition) is 2. The van der Waals surface area contributed by atoms with Gasteiger partial charge in [-0.1, -0.05) is 29.8 Å². The van der Waals surface area contributed by atoms with Crippen LogP contribution in [0.3, 0.4) is 0 Å². The topological polar surface area (TPSA) is 80.3 Å². The first-order chi connectivity index (χ1) is 13.1. The van der Waals surface area contributed by atoms with Gasteiger partial charge in [-0.25, -0.2) is 9.78 Å². The summed E-state index contributed by atoms with van der Waals surface area (Å²) in [4.78, 5) is 29.3. The summed E-state index contributed by atoms with van der Waals surface area (Å²) in [5.74, 6) is -0.110. The highest BCUT2D eigenvalue weighted by atomic mass is 32.1. The summed E-state index contributed by atoms with van der Waals surface area (Å²) in [6.45, 7) is 9.84. The molecule has 0 spiro atoms. The van der Waals surface area contributed by atoms with E-state index in [1.807, 2.05) is 27.7 Å². The number of amides is 2. The smallest absolute Gasteiger partial charge is 0.407 e. The maximum absolute atomic E-state index is 12.1. The van der Waals surface area contributed by atoms with Crippen LogP contribution >= 0.6 is 11.3 Å². The molecule has 7 heteroatoms. The van der Waals surface area contributed by atoms with Crippen LogP contribution in [0.1, 0.15) is 55.3 Å². The average Bonchev–Trinajstić information content (AvgIpc) is 2.91. The van der Waals surface area contributed by atoms with E-state index in [0.29, 0.717) is 24.5 Å². The molecule has 1 aromatic carbocycles. The van der Waals surface area contributed by atoms with Crippen molar-refractivity contribution in [1.29, 1.82) is 0 Å². The SMILES string of the molecule is Cc1ccc(Cc2sc(NC(=O)CCCNC(=O)OC(C)(C)C)nc2C)cc1. The summed E-state index contributed by atoms with van der Waals surface area (Å²) < 4.78 is 5.15. The number of thiazole rings is 1. The van der Waals surface area contributed by atoms with Crippen LogP contribution in [0.25, 0.3) is 0 Å². The Hall–Kier alpha value is -2.41. The standard InChI is InChI=1S/C21H29N3O3S/c1-14-8-10-16(11-9-14)13-17-15(2)23-19(28-17)24-18(25)7-6-12-22-20(26)27-21(3,4)5/h8-11H,6-7,12-13H2,1-5H3,(H,22,26)(H,23,24,25). The minimum absolute atomic E-state index is 0.110. The Balaban J connectivity index is 1.76. The van der Waals surface area contributed by atoms with Gasteiger partial charge >= 0.3 is 6.09 Å². The van der Waals surface area contributed by atoms with E-state index in [9.17, 15) is 9.59 Å². The number of hydrogen-bond acceptors (Lipinski definition) is 5. The molecule has 28 heavy (non-hydrogen) atoms. The number of carbonyl (C=O) groups excluding carboxylic acids is 2. The number of aromatic nitrogens is 1. The first-order valence-electron chi connectivity index (χ1n) is 9.41. The van der Waals surface area contributed by atoms with Crippen LogP contribution < -0.4 is 10.6 Å². The summed E-state index contributed by atoms with van der Waals surface area (Å²) in [6, 6.07) is 8.42. The van der Waals surface area contributed by atoms with Crippen LogP contribution in [0.15, 0.2) is 24.3 Å². The molecule has 0 saturated heterocycles. The molecule has 0 atom stereocenters. The van der Waals surface area contributed by atoms with Crippen molar-refractivity contribution < 1.29 is 14.3 Å². The van der Waals surface area contributed by atoms with Crippen LogP contribution in [-0.2, 0) is 16.0 Å². The van der Waals surface area contributed by atoms with Gasteiger partial charge in [0.05, 0.1) is 5.69 Å². The number of nitrogens with zero attached hydrogens (tertiary/aromatic N) is 1. The Bertz CT molecular complexity index is 807. The fourth-order valence-electron chi connectivity index (χ4n) is 2.47. The zero-order valence-corrected chi connectivity index (χ0v) is 18.0. The molecule has 2 N–H and O–H groups in total. The molecular weight excluding hydrogens is 374 g/mol. The summed E-state index contributed by atoms with van der Waals surface area (Å²) in [5, 5.41) is 6.11. The second-order valence-corrected chi connectivity index (χ2v) is 8.85. The molecule has 0 aliphatic carbocycles. The van der Waals surface area contributed by atoms with Gasteiger partial charge in [-0.2, -0.15) is 0 Å². The molecule has 0 aliphatic heterocycles. The van der Waals surface area contributed by atoms with Crippen LogP contribution in [-0.4, -0.2) is 29.1 Å². The summed E-state index contributed by atoms with van der Waals surface area (Å²) in [6.07, 6.45) is 1.18. The van der Waals surface area contributed by atoms with E-state index in [2.05, 4.69) is 46.8 Å². The van der Waals surface area contributed by atoms with Crippen LogP contribution in [0.4, 0.5) is 9.93 Å². The van der Waals surface area contributed by atoms with E-state index in [0.717, 1.165) is 17.0 Å². The Kier molecular flexibility index (Phi) is 7.57. The van der Waals surface area contributed by atoms with Crippen molar-refractivity contribution >= 4 is 28.5 Å². The maximum Gasteiger partial charge on any atom is 0.407 e. The number of benzene rings is 1. The van der Waals surface area contributed by atoms with E-state index >= 15 is 0 Å². The molecule has 0 aliphatic rings. The second-order valence-electron chi connectivity index (χ2n) is 7.77. The zero-order valence-electron chi connectivity index (χ0n) is 17.2. The molecule has 2 aromatic rings. The van der Waals surface area contributed by atoms with Gasteiger partial charge in [-0.05, 0) is 46.6 Å². The van der Waals surface area contributed by atoms with Gasteiger partial charge < -0.3 is 15.4 Å². The lowest BCUT2D eigenvalue weighted by Gasteiger charge is -2.19. The second kappa shape index (κ2) is 9.68. The van der Waals surface area contributed by atoms with Crippen molar-refractivity contribution in [3.8, 4) is 0 Å². The van der Waals surface area contributed by atoms with Gasteiger partial charge in [0.1, 0.15) is 5.60 Å². The number of alkyl carbamates (subject to hydrolysis) is 1. The summed E-state index contributed by atoms with van der Waals surface area (Å²) in [7, 11) is 0. The van der Waals surface area contributed by atoms with Crippen LogP contribution in [0, 0.1) is 13.8 Å². The van der Waals surface area contributed by atoms with Gasteiger partial charge in [0, 0.05) is 24.3 Å². The molecule has 0 radical (unpaired) electrons. The lowest BCUT2D eigenvalue weighted by Crippen LogP contribution is -2.33. The molecule has 0 saturated carbocycles. The van der Waals surface area contributed by atoms with E-state index in [-0.39, 0.29) is 5.91 Å². The normalized spacial score (nSPS) is 11.2. The lowest BCUT2D eigenvalue weighted by molar-refractivity contribution is -0.116. The Morgan fingerprint density at radius 3 is 2.46 bits per heavy atom. The minimum atomic E-state index is -0.527. The predicted molar refractivity (Wildman–Crippen MR) is 113 cm³/mol. The molecule has 2 amide bonds. The van der Waals surface area contributed by atoms with Crippen molar-refractivity contribution in [2.24, 2.45) is 0 Å². The van der Waals surface area contributed by atoms with Crippen molar-refractivity contribution in [3.05, 3.63) is 46.0 Å². The molecule has 2 rings (SSSR count). The Labute approximate surface area is 170 Å². The van der Waals surface area contributed by atoms with Crippen molar-refractivity contribution in [1.82, 2.24) is 10.3 Å². The first kappa shape index (κ1) is 21.9. The number of rotatable bonds is 7. The number of ether oxygens (including phenoxy) is 1. The van der Waals surface area contributed by atoms with E-state index in [1.54, 1.807) is 0 Å². The zero-order chi connectivity index (χ0) is 20.7. The van der Waals surface area contributed by atoms with Crippen molar-refractivity contribution in [3.63, 3.8) is 0 Å². The highest BCUT2D eigenvalue weighted by Crippen LogP contribution is 2.25. The average molecular weight is 404 g/mol. The van der Waals surface area contributed by atoms with Gasteiger partial charge in [-0.15, -0.1) is 11.3 Å². The number of carbonyl (C=O) groups is 2. The highest BCUT2D eigenvalue weighted by Gasteiger charge is 2.16. The fourth-order valence-corrected chi connectivity index (χ4v) is 3.49. The third-order valence-corrected chi connectivity index (χ3v) is 4.95. The Morgan fingerprint density at radius 1 is 1.14 bits per heavy atom. The molecule has 6 nitrogen and oxygen atoms in total. The monoisotopic (exact) mass is 403 g/mol. The number of anilines is 1. The molecule has 0 fully saturated rings. The predicted octanol–water partition coefficient (Wildman–Crippen LogP) is 4.59. The lowest BCUT2D eigenvalue weighted by atomic mass is 10.1. The van der Waals surface area contributed by atoms with Crippen molar-refractivity contribution in [2.45, 2.75) is 59.5 Å². The van der Waals surface area contributed by atoms with Gasteiger partial charge in [0.2, 0.25) is 5.91 Å². The Morgan fingerprint density at radius 2 is 1.82 bits per heavy atom. The fraction of sp³-hybridized carbons (Fsp3) is 0.476. The van der Waals surface area contributed by atoms with Gasteiger partial charge in [0.15, 0.2) is 5.13 Å². The molecule has 1 heterocycles. The third-order valence-electron chi connectivity index (χ3n) is 3.87. The summed E-state index contributed by atoms with van der Waals surface area (Å²) in [5.41, 5.74) is 2.87. The first-order valence-corrected chi connectivity index (χ1v) is 10.2. The number of nitrogens with one attached hydrogen (secondary N) is 2. The van der Waals surface area contributed by atoms with E-state index in [1.165, 1.54) is 22.5 Å². The van der Waals surface area contributed by atoms with E-state index in [4.69, 9.17) is 4.74 Å². The third kappa shape index (κ3) is 7.68. The molecule has 0 bridgehead atoms. The minimum Gasteiger partial charge on any atom is -0.444 e. The summed E-state index contributed by atoms with van der Waals surface area (Å²) >= 11 is 1.50. The maximum atomic E-state index is 12.1. The largest absolute Gasteiger partial charge is 0.444 e. The highest BCUT2D eigenvalue weighted by molar-refractivity contribution is 7.15.